The van der Waals surface area contributed by atoms with Crippen molar-refractivity contribution >= 4 is 24.0 Å². The second-order valence-electron chi connectivity index (χ2n) is 5.80. The number of nitro benzene ring substituents is 1. The molecule has 1 aliphatic rings. The first-order valence-electron chi connectivity index (χ1n) is 7.78. The number of nitro groups is 1. The maximum absolute atomic E-state index is 12.5. The normalized spacial score (nSPS) is 15.1. The van der Waals surface area contributed by atoms with Crippen LogP contribution in [0.3, 0.4) is 0 Å². The number of hydrogen-bond acceptors (Lipinski definition) is 4. The first-order valence-corrected chi connectivity index (χ1v) is 7.78. The highest BCUT2D eigenvalue weighted by atomic mass is 35.5. The van der Waals surface area contributed by atoms with E-state index in [2.05, 4.69) is 12.2 Å². The molecule has 0 saturated carbocycles. The largest absolute Gasteiger partial charge is 0.339 e. The molecule has 0 aliphatic carbocycles. The van der Waals surface area contributed by atoms with Crippen LogP contribution in [0, 0.1) is 23.0 Å². The maximum Gasteiger partial charge on any atom is 0.272 e. The Morgan fingerprint density at radius 3 is 2.57 bits per heavy atom. The predicted molar refractivity (Wildman–Crippen MR) is 92.3 cm³/mol. The molecular weight excluding hydrogens is 318 g/mol. The summed E-state index contributed by atoms with van der Waals surface area (Å²) in [5, 5.41) is 14.2. The molecule has 1 heterocycles. The third-order valence-electron chi connectivity index (χ3n) is 4.23. The molecule has 7 heteroatoms. The number of carbonyl (C=O) groups is 1. The van der Waals surface area contributed by atoms with Crippen LogP contribution in [-0.4, -0.2) is 41.9 Å². The van der Waals surface area contributed by atoms with E-state index in [1.807, 2.05) is 4.90 Å². The van der Waals surface area contributed by atoms with E-state index in [9.17, 15) is 14.9 Å². The lowest BCUT2D eigenvalue weighted by atomic mass is 9.96. The molecule has 0 aromatic heterocycles. The van der Waals surface area contributed by atoms with Gasteiger partial charge in [0.1, 0.15) is 0 Å². The van der Waals surface area contributed by atoms with Gasteiger partial charge in [0.05, 0.1) is 4.92 Å². The van der Waals surface area contributed by atoms with E-state index in [0.717, 1.165) is 39.0 Å². The van der Waals surface area contributed by atoms with E-state index in [4.69, 9.17) is 0 Å². The van der Waals surface area contributed by atoms with Crippen molar-refractivity contribution in [2.45, 2.75) is 26.7 Å². The lowest BCUT2D eigenvalue weighted by Crippen LogP contribution is -2.40. The van der Waals surface area contributed by atoms with E-state index in [1.54, 1.807) is 19.1 Å². The summed E-state index contributed by atoms with van der Waals surface area (Å²) in [4.78, 5) is 24.8. The molecule has 23 heavy (non-hydrogen) atoms. The number of piperidine rings is 1. The Kier molecular flexibility index (Phi) is 7.45. The molecule has 0 radical (unpaired) electrons. The van der Waals surface area contributed by atoms with Crippen LogP contribution in [0.4, 0.5) is 5.69 Å². The number of hydrogen-bond donors (Lipinski definition) is 1. The number of benzene rings is 1. The lowest BCUT2D eigenvalue weighted by molar-refractivity contribution is -0.385. The number of amides is 1. The molecule has 1 N–H and O–H groups in total. The van der Waals surface area contributed by atoms with Crippen molar-refractivity contribution in [3.63, 3.8) is 0 Å². The topological polar surface area (TPSA) is 75.5 Å². The van der Waals surface area contributed by atoms with Gasteiger partial charge in [0, 0.05) is 30.3 Å². The molecule has 1 aliphatic heterocycles. The Balaban J connectivity index is 0.00000264. The minimum absolute atomic E-state index is 0. The second-order valence-corrected chi connectivity index (χ2v) is 5.80. The van der Waals surface area contributed by atoms with Crippen molar-refractivity contribution in [3.05, 3.63) is 39.4 Å². The van der Waals surface area contributed by atoms with Gasteiger partial charge in [-0.05, 0) is 50.9 Å². The SMILES string of the molecule is CCNCC1CCN(C(=O)c2ccc([N+](=O)[O-])c(C)c2)CC1.Cl. The standard InChI is InChI=1S/C16H23N3O3.ClH/c1-3-17-11-13-6-8-18(9-7-13)16(20)14-4-5-15(19(21)22)12(2)10-14;/h4-5,10,13,17H,3,6-9,11H2,1-2H3;1H. The number of rotatable bonds is 5. The summed E-state index contributed by atoms with van der Waals surface area (Å²) in [7, 11) is 0. The van der Waals surface area contributed by atoms with Crippen LogP contribution >= 0.6 is 12.4 Å². The van der Waals surface area contributed by atoms with Gasteiger partial charge in [-0.1, -0.05) is 6.92 Å². The van der Waals surface area contributed by atoms with Crippen molar-refractivity contribution in [2.75, 3.05) is 26.2 Å². The summed E-state index contributed by atoms with van der Waals surface area (Å²) in [6.45, 7) is 7.25. The Morgan fingerprint density at radius 1 is 1.39 bits per heavy atom. The molecule has 0 unspecified atom stereocenters. The van der Waals surface area contributed by atoms with E-state index in [1.165, 1.54) is 6.07 Å². The Morgan fingerprint density at radius 2 is 2.04 bits per heavy atom. The minimum atomic E-state index is -0.421. The van der Waals surface area contributed by atoms with Gasteiger partial charge in [-0.25, -0.2) is 0 Å². The monoisotopic (exact) mass is 341 g/mol. The summed E-state index contributed by atoms with van der Waals surface area (Å²) < 4.78 is 0. The number of aryl methyl sites for hydroxylation is 1. The van der Waals surface area contributed by atoms with E-state index in [-0.39, 0.29) is 24.0 Å². The van der Waals surface area contributed by atoms with Crippen molar-refractivity contribution < 1.29 is 9.72 Å². The molecule has 2 rings (SSSR count). The fraction of sp³-hybridized carbons (Fsp3) is 0.562. The summed E-state index contributed by atoms with van der Waals surface area (Å²) in [5.41, 5.74) is 1.12. The molecular formula is C16H24ClN3O3. The van der Waals surface area contributed by atoms with Gasteiger partial charge in [0.25, 0.3) is 11.6 Å². The maximum atomic E-state index is 12.5. The zero-order valence-corrected chi connectivity index (χ0v) is 14.4. The molecule has 1 saturated heterocycles. The molecule has 1 amide bonds. The molecule has 128 valence electrons. The van der Waals surface area contributed by atoms with Gasteiger partial charge in [-0.15, -0.1) is 12.4 Å². The van der Waals surface area contributed by atoms with E-state index < -0.39 is 4.92 Å². The number of nitrogens with zero attached hydrogens (tertiary/aromatic N) is 2. The van der Waals surface area contributed by atoms with Crippen LogP contribution in [0.5, 0.6) is 0 Å². The first-order chi connectivity index (χ1) is 10.5. The highest BCUT2D eigenvalue weighted by molar-refractivity contribution is 5.94. The third kappa shape index (κ3) is 4.91. The fourth-order valence-corrected chi connectivity index (χ4v) is 2.86. The van der Waals surface area contributed by atoms with E-state index in [0.29, 0.717) is 17.0 Å². The molecule has 1 fully saturated rings. The highest BCUT2D eigenvalue weighted by Crippen LogP contribution is 2.22. The highest BCUT2D eigenvalue weighted by Gasteiger charge is 2.24. The van der Waals surface area contributed by atoms with E-state index >= 15 is 0 Å². The van der Waals surface area contributed by atoms with Gasteiger partial charge in [0.15, 0.2) is 0 Å². The van der Waals surface area contributed by atoms with Crippen molar-refractivity contribution in [1.82, 2.24) is 10.2 Å². The third-order valence-corrected chi connectivity index (χ3v) is 4.23. The molecule has 0 bridgehead atoms. The molecule has 1 aromatic rings. The molecule has 6 nitrogen and oxygen atoms in total. The van der Waals surface area contributed by atoms with Gasteiger partial charge in [-0.2, -0.15) is 0 Å². The predicted octanol–water partition coefficient (Wildman–Crippen LogP) is 2.79. The van der Waals surface area contributed by atoms with Crippen LogP contribution in [-0.2, 0) is 0 Å². The Hall–Kier alpha value is -1.66. The summed E-state index contributed by atoms with van der Waals surface area (Å²) >= 11 is 0. The zero-order valence-electron chi connectivity index (χ0n) is 13.6. The van der Waals surface area contributed by atoms with Gasteiger partial charge in [-0.3, -0.25) is 14.9 Å². The summed E-state index contributed by atoms with van der Waals surface area (Å²) in [6, 6.07) is 4.59. The molecule has 1 aromatic carbocycles. The van der Waals surface area contributed by atoms with Crippen LogP contribution in [0.1, 0.15) is 35.7 Å². The number of halogens is 1. The minimum Gasteiger partial charge on any atom is -0.339 e. The number of nitrogens with one attached hydrogen (secondary N) is 1. The van der Waals surface area contributed by atoms with Gasteiger partial charge >= 0.3 is 0 Å². The fourth-order valence-electron chi connectivity index (χ4n) is 2.86. The van der Waals surface area contributed by atoms with Crippen molar-refractivity contribution in [1.29, 1.82) is 0 Å². The van der Waals surface area contributed by atoms with Crippen LogP contribution in [0.2, 0.25) is 0 Å². The van der Waals surface area contributed by atoms with Crippen LogP contribution < -0.4 is 5.32 Å². The lowest BCUT2D eigenvalue weighted by Gasteiger charge is -2.32. The van der Waals surface area contributed by atoms with Crippen LogP contribution in [0.15, 0.2) is 18.2 Å². The number of likely N-dealkylation sites (tertiary alicyclic amines) is 1. The molecule has 0 atom stereocenters. The number of carbonyl (C=O) groups excluding carboxylic acids is 1. The Bertz CT molecular complexity index is 558. The summed E-state index contributed by atoms with van der Waals surface area (Å²) in [5.74, 6) is 0.600. The van der Waals surface area contributed by atoms with Crippen LogP contribution in [0.25, 0.3) is 0 Å². The molecule has 0 spiro atoms. The smallest absolute Gasteiger partial charge is 0.272 e. The summed E-state index contributed by atoms with van der Waals surface area (Å²) in [6.07, 6.45) is 2.01. The average molecular weight is 342 g/mol. The average Bonchev–Trinajstić information content (AvgIpc) is 2.52. The van der Waals surface area contributed by atoms with Gasteiger partial charge < -0.3 is 10.2 Å². The zero-order chi connectivity index (χ0) is 16.1. The second kappa shape index (κ2) is 8.84. The first kappa shape index (κ1) is 19.4. The van der Waals surface area contributed by atoms with Gasteiger partial charge in [0.2, 0.25) is 0 Å². The quantitative estimate of drug-likeness (QED) is 0.660. The van der Waals surface area contributed by atoms with Crippen molar-refractivity contribution in [2.24, 2.45) is 5.92 Å². The Labute approximate surface area is 142 Å². The van der Waals surface area contributed by atoms with Crippen molar-refractivity contribution in [3.8, 4) is 0 Å².